The number of ether oxygens (including phenoxy) is 1. The van der Waals surface area contributed by atoms with Crippen molar-refractivity contribution in [3.8, 4) is 5.75 Å². The van der Waals surface area contributed by atoms with E-state index < -0.39 is 0 Å². The maximum Gasteiger partial charge on any atom is 0.193 e. The third-order valence-electron chi connectivity index (χ3n) is 3.27. The number of nitrogens with zero attached hydrogens (tertiary/aromatic N) is 5. The molecule has 0 amide bonds. The molecule has 0 aliphatic heterocycles. The number of hydrogen-bond donors (Lipinski definition) is 1. The molecule has 0 saturated heterocycles. The van der Waals surface area contributed by atoms with Gasteiger partial charge in [-0.25, -0.2) is 4.98 Å². The summed E-state index contributed by atoms with van der Waals surface area (Å²) in [6.45, 7) is 1.77. The highest BCUT2D eigenvalue weighted by Crippen LogP contribution is 2.16. The molecule has 2 rings (SSSR count). The van der Waals surface area contributed by atoms with Crippen LogP contribution in [0.5, 0.6) is 5.75 Å². The Morgan fingerprint density at radius 1 is 1.46 bits per heavy atom. The largest absolute Gasteiger partial charge is 0.492 e. The van der Waals surface area contributed by atoms with Gasteiger partial charge in [-0.05, 0) is 18.2 Å². The number of aliphatic imine (C=N–C) groups is 1. The highest BCUT2D eigenvalue weighted by atomic mass is 127. The van der Waals surface area contributed by atoms with Crippen LogP contribution in [0.3, 0.4) is 0 Å². The van der Waals surface area contributed by atoms with E-state index in [0.717, 1.165) is 17.5 Å². The number of likely N-dealkylation sites (N-methyl/N-ethyl adjacent to an activating group) is 1. The number of hydrogen-bond acceptors (Lipinski definition) is 4. The van der Waals surface area contributed by atoms with Crippen LogP contribution in [0.25, 0.3) is 0 Å². The SMILES string of the molecule is CN=C(NCc1ncnn1C)N(C)CCOc1cccc(Cl)c1.I. The van der Waals surface area contributed by atoms with Crippen LogP contribution in [0, 0.1) is 0 Å². The fourth-order valence-electron chi connectivity index (χ4n) is 1.99. The summed E-state index contributed by atoms with van der Waals surface area (Å²) in [5.41, 5.74) is 0. The van der Waals surface area contributed by atoms with Crippen molar-refractivity contribution < 1.29 is 4.74 Å². The number of guanidine groups is 1. The number of benzene rings is 1. The lowest BCUT2D eigenvalue weighted by Crippen LogP contribution is -2.40. The zero-order chi connectivity index (χ0) is 16.7. The van der Waals surface area contributed by atoms with Gasteiger partial charge in [-0.2, -0.15) is 5.10 Å². The average molecular weight is 465 g/mol. The van der Waals surface area contributed by atoms with Crippen molar-refractivity contribution in [2.45, 2.75) is 6.54 Å². The summed E-state index contributed by atoms with van der Waals surface area (Å²) < 4.78 is 7.41. The third-order valence-corrected chi connectivity index (χ3v) is 3.51. The van der Waals surface area contributed by atoms with Crippen molar-refractivity contribution >= 4 is 41.5 Å². The summed E-state index contributed by atoms with van der Waals surface area (Å²) >= 11 is 5.93. The fourth-order valence-corrected chi connectivity index (χ4v) is 2.17. The van der Waals surface area contributed by atoms with Crippen molar-refractivity contribution in [1.82, 2.24) is 25.0 Å². The Morgan fingerprint density at radius 2 is 2.25 bits per heavy atom. The number of halogens is 2. The van der Waals surface area contributed by atoms with Crippen molar-refractivity contribution in [1.29, 1.82) is 0 Å². The molecule has 2 aromatic rings. The summed E-state index contributed by atoms with van der Waals surface area (Å²) in [5, 5.41) is 7.95. The highest BCUT2D eigenvalue weighted by molar-refractivity contribution is 14.0. The zero-order valence-corrected chi connectivity index (χ0v) is 17.0. The quantitative estimate of drug-likeness (QED) is 0.403. The van der Waals surface area contributed by atoms with Crippen LogP contribution in [0.4, 0.5) is 0 Å². The summed E-state index contributed by atoms with van der Waals surface area (Å²) in [7, 11) is 5.55. The second kappa shape index (κ2) is 10.3. The zero-order valence-electron chi connectivity index (χ0n) is 13.9. The molecular formula is C15H22ClIN6O. The fraction of sp³-hybridized carbons (Fsp3) is 0.400. The maximum atomic E-state index is 5.93. The molecule has 132 valence electrons. The molecule has 24 heavy (non-hydrogen) atoms. The summed E-state index contributed by atoms with van der Waals surface area (Å²) in [4.78, 5) is 10.4. The molecule has 0 bridgehead atoms. The predicted octanol–water partition coefficient (Wildman–Crippen LogP) is 2.17. The van der Waals surface area contributed by atoms with E-state index >= 15 is 0 Å². The van der Waals surface area contributed by atoms with Crippen LogP contribution in [-0.4, -0.2) is 52.9 Å². The summed E-state index contributed by atoms with van der Waals surface area (Å²) in [6, 6.07) is 7.36. The Balaban J connectivity index is 0.00000288. The molecule has 1 aromatic heterocycles. The maximum absolute atomic E-state index is 5.93. The summed E-state index contributed by atoms with van der Waals surface area (Å²) in [5.74, 6) is 2.37. The Morgan fingerprint density at radius 3 is 2.88 bits per heavy atom. The minimum absolute atomic E-state index is 0. The van der Waals surface area contributed by atoms with Gasteiger partial charge in [-0.3, -0.25) is 9.67 Å². The van der Waals surface area contributed by atoms with E-state index in [0.29, 0.717) is 24.7 Å². The van der Waals surface area contributed by atoms with Gasteiger partial charge in [0.05, 0.1) is 13.1 Å². The smallest absolute Gasteiger partial charge is 0.193 e. The Kier molecular flexibility index (Phi) is 8.83. The van der Waals surface area contributed by atoms with Crippen LogP contribution in [0.2, 0.25) is 5.02 Å². The topological polar surface area (TPSA) is 67.6 Å². The molecule has 0 aliphatic rings. The van der Waals surface area contributed by atoms with E-state index in [9.17, 15) is 0 Å². The average Bonchev–Trinajstić information content (AvgIpc) is 2.93. The van der Waals surface area contributed by atoms with E-state index in [1.54, 1.807) is 17.8 Å². The van der Waals surface area contributed by atoms with Gasteiger partial charge in [0.15, 0.2) is 5.96 Å². The lowest BCUT2D eigenvalue weighted by Gasteiger charge is -2.22. The normalized spacial score (nSPS) is 10.9. The first-order valence-corrected chi connectivity index (χ1v) is 7.61. The van der Waals surface area contributed by atoms with Crippen LogP contribution in [-0.2, 0) is 13.6 Å². The van der Waals surface area contributed by atoms with E-state index in [2.05, 4.69) is 20.4 Å². The van der Waals surface area contributed by atoms with Gasteiger partial charge in [-0.1, -0.05) is 17.7 Å². The minimum Gasteiger partial charge on any atom is -0.492 e. The molecular weight excluding hydrogens is 443 g/mol. The number of nitrogens with one attached hydrogen (secondary N) is 1. The van der Waals surface area contributed by atoms with Crippen molar-refractivity contribution in [2.75, 3.05) is 27.2 Å². The molecule has 0 spiro atoms. The van der Waals surface area contributed by atoms with E-state index in [1.807, 2.05) is 37.2 Å². The molecule has 0 atom stereocenters. The predicted molar refractivity (Wildman–Crippen MR) is 106 cm³/mol. The molecule has 0 fully saturated rings. The monoisotopic (exact) mass is 464 g/mol. The van der Waals surface area contributed by atoms with Gasteiger partial charge in [0, 0.05) is 26.2 Å². The second-order valence-electron chi connectivity index (χ2n) is 4.93. The Bertz CT molecular complexity index is 663. The second-order valence-corrected chi connectivity index (χ2v) is 5.36. The first-order chi connectivity index (χ1) is 11.1. The standard InChI is InChI=1S/C15H21ClN6O.HI/c1-17-15(18-10-14-19-11-20-22(14)3)21(2)7-8-23-13-6-4-5-12(16)9-13;/h4-6,9,11H,7-8,10H2,1-3H3,(H,17,18);1H. The van der Waals surface area contributed by atoms with Crippen molar-refractivity contribution in [3.63, 3.8) is 0 Å². The molecule has 1 N–H and O–H groups in total. The van der Waals surface area contributed by atoms with Gasteiger partial charge in [0.25, 0.3) is 0 Å². The summed E-state index contributed by atoms with van der Waals surface area (Å²) in [6.07, 6.45) is 1.53. The molecule has 9 heteroatoms. The molecule has 7 nitrogen and oxygen atoms in total. The van der Waals surface area contributed by atoms with Crippen LogP contribution < -0.4 is 10.1 Å². The van der Waals surface area contributed by atoms with Gasteiger partial charge in [-0.15, -0.1) is 24.0 Å². The van der Waals surface area contributed by atoms with E-state index in [1.165, 1.54) is 6.33 Å². The first-order valence-electron chi connectivity index (χ1n) is 7.23. The van der Waals surface area contributed by atoms with Crippen molar-refractivity contribution in [3.05, 3.63) is 41.4 Å². The highest BCUT2D eigenvalue weighted by Gasteiger charge is 2.08. The van der Waals surface area contributed by atoms with Gasteiger partial charge in [0.2, 0.25) is 0 Å². The van der Waals surface area contributed by atoms with Crippen LogP contribution in [0.1, 0.15) is 5.82 Å². The first kappa shape index (κ1) is 20.5. The lowest BCUT2D eigenvalue weighted by molar-refractivity contribution is 0.281. The number of aromatic nitrogens is 3. The third kappa shape index (κ3) is 6.16. The Labute approximate surface area is 164 Å². The Hall–Kier alpha value is -1.55. The molecule has 0 aliphatic carbocycles. The van der Waals surface area contributed by atoms with Gasteiger partial charge in [0.1, 0.15) is 24.5 Å². The van der Waals surface area contributed by atoms with Gasteiger partial charge >= 0.3 is 0 Å². The number of aryl methyl sites for hydroxylation is 1. The van der Waals surface area contributed by atoms with Crippen molar-refractivity contribution in [2.24, 2.45) is 12.0 Å². The van der Waals surface area contributed by atoms with Crippen LogP contribution in [0.15, 0.2) is 35.6 Å². The molecule has 1 aromatic carbocycles. The molecule has 0 saturated carbocycles. The molecule has 0 radical (unpaired) electrons. The number of rotatable bonds is 6. The van der Waals surface area contributed by atoms with Crippen LogP contribution >= 0.6 is 35.6 Å². The minimum atomic E-state index is 0. The molecule has 0 unspecified atom stereocenters. The van der Waals surface area contributed by atoms with E-state index in [-0.39, 0.29) is 24.0 Å². The molecule has 1 heterocycles. The lowest BCUT2D eigenvalue weighted by atomic mass is 10.3. The van der Waals surface area contributed by atoms with Gasteiger partial charge < -0.3 is 15.0 Å². The van der Waals surface area contributed by atoms with E-state index in [4.69, 9.17) is 16.3 Å².